The minimum absolute atomic E-state index is 0.296. The summed E-state index contributed by atoms with van der Waals surface area (Å²) in [7, 11) is 0. The molecule has 2 rings (SSSR count). The lowest BCUT2D eigenvalue weighted by Crippen LogP contribution is -2.05. The molecule has 106 valence electrons. The van der Waals surface area contributed by atoms with Crippen LogP contribution in [0.2, 0.25) is 0 Å². The summed E-state index contributed by atoms with van der Waals surface area (Å²) in [6.07, 6.45) is 0. The van der Waals surface area contributed by atoms with E-state index in [1.54, 1.807) is 13.0 Å². The van der Waals surface area contributed by atoms with Crippen molar-refractivity contribution in [2.45, 2.75) is 13.8 Å². The van der Waals surface area contributed by atoms with Crippen LogP contribution in [0.15, 0.2) is 30.3 Å². The highest BCUT2D eigenvalue weighted by Crippen LogP contribution is 2.31. The lowest BCUT2D eigenvalue weighted by molar-refractivity contribution is 0.0528. The van der Waals surface area contributed by atoms with Crippen LogP contribution in [-0.4, -0.2) is 24.2 Å². The first-order valence-electron chi connectivity index (χ1n) is 6.55. The molecule has 0 aliphatic rings. The number of hydrogen-bond donors (Lipinski definition) is 2. The number of nitrogens with one attached hydrogen (secondary N) is 1. The molecule has 2 aromatic rings. The van der Waals surface area contributed by atoms with Gasteiger partial charge in [-0.25, -0.2) is 4.79 Å². The van der Waals surface area contributed by atoms with E-state index in [1.807, 2.05) is 31.2 Å². The van der Waals surface area contributed by atoms with Gasteiger partial charge in [0.05, 0.1) is 18.9 Å². The molecule has 3 N–H and O–H groups in total. The van der Waals surface area contributed by atoms with Crippen LogP contribution in [0, 0.1) is 0 Å². The van der Waals surface area contributed by atoms with E-state index in [-0.39, 0.29) is 0 Å². The van der Waals surface area contributed by atoms with Gasteiger partial charge in [0, 0.05) is 5.56 Å². The van der Waals surface area contributed by atoms with Crippen molar-refractivity contribution in [3.63, 3.8) is 0 Å². The lowest BCUT2D eigenvalue weighted by atomic mass is 10.1. The van der Waals surface area contributed by atoms with Gasteiger partial charge in [0.15, 0.2) is 0 Å². The molecule has 0 atom stereocenters. The number of nitrogen functional groups attached to an aromatic ring is 1. The summed E-state index contributed by atoms with van der Waals surface area (Å²) in [4.78, 5) is 14.8. The van der Waals surface area contributed by atoms with Crippen molar-refractivity contribution in [3.8, 4) is 17.0 Å². The predicted molar refractivity (Wildman–Crippen MR) is 77.8 cm³/mol. The Morgan fingerprint density at radius 3 is 2.70 bits per heavy atom. The summed E-state index contributed by atoms with van der Waals surface area (Å²) >= 11 is 0. The Balaban J connectivity index is 2.39. The quantitative estimate of drug-likeness (QED) is 0.822. The van der Waals surface area contributed by atoms with Gasteiger partial charge in [-0.05, 0) is 32.0 Å². The molecule has 0 saturated carbocycles. The maximum Gasteiger partial charge on any atom is 0.341 e. The number of H-pyrrole nitrogens is 1. The minimum Gasteiger partial charge on any atom is -0.493 e. The Kier molecular flexibility index (Phi) is 4.30. The highest BCUT2D eigenvalue weighted by Gasteiger charge is 2.17. The molecule has 5 heteroatoms. The van der Waals surface area contributed by atoms with Crippen molar-refractivity contribution >= 4 is 11.8 Å². The Labute approximate surface area is 117 Å². The Hall–Kier alpha value is -2.43. The highest BCUT2D eigenvalue weighted by atomic mass is 16.5. The molecule has 0 fully saturated rings. The molecular weight excluding hydrogens is 256 g/mol. The van der Waals surface area contributed by atoms with Crippen molar-refractivity contribution in [2.24, 2.45) is 0 Å². The SMILES string of the molecule is CCOC(=O)c1cc(-c2ccccc2OCC)[nH]c1N. The fourth-order valence-corrected chi connectivity index (χ4v) is 1.96. The van der Waals surface area contributed by atoms with Gasteiger partial charge >= 0.3 is 5.97 Å². The van der Waals surface area contributed by atoms with Crippen molar-refractivity contribution in [1.29, 1.82) is 0 Å². The average molecular weight is 274 g/mol. The van der Waals surface area contributed by atoms with E-state index in [1.165, 1.54) is 0 Å². The third-order valence-corrected chi connectivity index (χ3v) is 2.82. The summed E-state index contributed by atoms with van der Waals surface area (Å²) in [5, 5.41) is 0. The summed E-state index contributed by atoms with van der Waals surface area (Å²) < 4.78 is 10.5. The number of aromatic nitrogens is 1. The number of ether oxygens (including phenoxy) is 2. The van der Waals surface area contributed by atoms with E-state index in [0.717, 1.165) is 17.0 Å². The second kappa shape index (κ2) is 6.14. The number of carbonyl (C=O) groups excluding carboxylic acids is 1. The van der Waals surface area contributed by atoms with Crippen LogP contribution in [0.1, 0.15) is 24.2 Å². The molecule has 0 aliphatic heterocycles. The zero-order valence-electron chi connectivity index (χ0n) is 11.6. The third-order valence-electron chi connectivity index (χ3n) is 2.82. The molecule has 0 aliphatic carbocycles. The van der Waals surface area contributed by atoms with E-state index in [4.69, 9.17) is 15.2 Å². The molecule has 1 aromatic carbocycles. The number of aromatic amines is 1. The zero-order chi connectivity index (χ0) is 14.5. The first-order chi connectivity index (χ1) is 9.67. The van der Waals surface area contributed by atoms with Crippen LogP contribution in [0.25, 0.3) is 11.3 Å². The highest BCUT2D eigenvalue weighted by molar-refractivity contribution is 5.96. The molecular formula is C15H18N2O3. The number of nitrogens with two attached hydrogens (primary N) is 1. The Bertz CT molecular complexity index is 605. The number of carbonyl (C=O) groups is 1. The fourth-order valence-electron chi connectivity index (χ4n) is 1.96. The van der Waals surface area contributed by atoms with Crippen molar-refractivity contribution in [1.82, 2.24) is 4.98 Å². The van der Waals surface area contributed by atoms with E-state index in [0.29, 0.717) is 24.6 Å². The van der Waals surface area contributed by atoms with Gasteiger partial charge in [0.1, 0.15) is 17.1 Å². The normalized spacial score (nSPS) is 10.3. The second-order valence-electron chi connectivity index (χ2n) is 4.16. The first-order valence-corrected chi connectivity index (χ1v) is 6.55. The monoisotopic (exact) mass is 274 g/mol. The van der Waals surface area contributed by atoms with Crippen LogP contribution in [0.4, 0.5) is 5.82 Å². The second-order valence-corrected chi connectivity index (χ2v) is 4.16. The van der Waals surface area contributed by atoms with E-state index < -0.39 is 5.97 Å². The summed E-state index contributed by atoms with van der Waals surface area (Å²) in [5.74, 6) is 0.609. The van der Waals surface area contributed by atoms with Crippen molar-refractivity contribution in [3.05, 3.63) is 35.9 Å². The predicted octanol–water partition coefficient (Wildman–Crippen LogP) is 2.84. The minimum atomic E-state index is -0.429. The van der Waals surface area contributed by atoms with Crippen LogP contribution in [0.5, 0.6) is 5.75 Å². The molecule has 1 heterocycles. The molecule has 0 spiro atoms. The number of hydrogen-bond acceptors (Lipinski definition) is 4. The van der Waals surface area contributed by atoms with E-state index >= 15 is 0 Å². The molecule has 5 nitrogen and oxygen atoms in total. The third kappa shape index (κ3) is 2.77. The van der Waals surface area contributed by atoms with Gasteiger partial charge in [-0.1, -0.05) is 12.1 Å². The number of rotatable bonds is 5. The van der Waals surface area contributed by atoms with Crippen LogP contribution >= 0.6 is 0 Å². The maximum absolute atomic E-state index is 11.8. The molecule has 0 bridgehead atoms. The maximum atomic E-state index is 11.8. The standard InChI is InChI=1S/C15H18N2O3/c1-3-19-13-8-6-5-7-10(13)12-9-11(14(16)17-12)15(18)20-4-2/h5-9,17H,3-4,16H2,1-2H3. The molecule has 20 heavy (non-hydrogen) atoms. The van der Waals surface area contributed by atoms with Gasteiger partial charge in [0.2, 0.25) is 0 Å². The smallest absolute Gasteiger partial charge is 0.341 e. The van der Waals surface area contributed by atoms with Gasteiger partial charge in [-0.15, -0.1) is 0 Å². The number of esters is 1. The van der Waals surface area contributed by atoms with Gasteiger partial charge in [0.25, 0.3) is 0 Å². The molecule has 0 unspecified atom stereocenters. The number of anilines is 1. The van der Waals surface area contributed by atoms with Gasteiger partial charge < -0.3 is 20.2 Å². The average Bonchev–Trinajstić information content (AvgIpc) is 2.82. The molecule has 1 aromatic heterocycles. The van der Waals surface area contributed by atoms with Crippen molar-refractivity contribution in [2.75, 3.05) is 18.9 Å². The lowest BCUT2D eigenvalue weighted by Gasteiger charge is -2.08. The molecule has 0 amide bonds. The Morgan fingerprint density at radius 1 is 1.25 bits per heavy atom. The summed E-state index contributed by atoms with van der Waals surface area (Å²) in [6, 6.07) is 9.27. The van der Waals surface area contributed by atoms with Crippen LogP contribution in [-0.2, 0) is 4.74 Å². The van der Waals surface area contributed by atoms with Crippen LogP contribution < -0.4 is 10.5 Å². The van der Waals surface area contributed by atoms with E-state index in [2.05, 4.69) is 4.98 Å². The van der Waals surface area contributed by atoms with E-state index in [9.17, 15) is 4.79 Å². The molecule has 0 radical (unpaired) electrons. The summed E-state index contributed by atoms with van der Waals surface area (Å²) in [5.41, 5.74) is 7.77. The topological polar surface area (TPSA) is 77.3 Å². The van der Waals surface area contributed by atoms with Crippen molar-refractivity contribution < 1.29 is 14.3 Å². The first kappa shape index (κ1) is 14.0. The van der Waals surface area contributed by atoms with Gasteiger partial charge in [-0.2, -0.15) is 0 Å². The zero-order valence-corrected chi connectivity index (χ0v) is 11.6. The largest absolute Gasteiger partial charge is 0.493 e. The number of benzene rings is 1. The van der Waals surface area contributed by atoms with Gasteiger partial charge in [-0.3, -0.25) is 0 Å². The molecule has 0 saturated heterocycles. The number of para-hydroxylation sites is 1. The fraction of sp³-hybridized carbons (Fsp3) is 0.267. The summed E-state index contributed by atoms with van der Waals surface area (Å²) in [6.45, 7) is 4.56. The Morgan fingerprint density at radius 2 is 2.00 bits per heavy atom. The van der Waals surface area contributed by atoms with Crippen LogP contribution in [0.3, 0.4) is 0 Å².